The maximum Gasteiger partial charge on any atom is 0.416 e. The molecule has 1 aliphatic carbocycles. The smallest absolute Gasteiger partial charge is 0.314 e. The van der Waals surface area contributed by atoms with Crippen molar-refractivity contribution in [1.82, 2.24) is 15.5 Å². The Morgan fingerprint density at radius 1 is 1.00 bits per heavy atom. The molecule has 3 nitrogen and oxygen atoms in total. The van der Waals surface area contributed by atoms with Crippen molar-refractivity contribution in [1.29, 1.82) is 0 Å². The van der Waals surface area contributed by atoms with Crippen LogP contribution in [-0.4, -0.2) is 50.2 Å². The number of nitrogens with one attached hydrogen (secondary N) is 2. The summed E-state index contributed by atoms with van der Waals surface area (Å²) in [5, 5.41) is 7.00. The molecule has 2 fully saturated rings. The SMILES string of the molecule is Cl.FC(F)(F)c1cccc(-c2ccc(C3CC3NCCN3CCNCC3)cc2)c1. The van der Waals surface area contributed by atoms with Crippen molar-refractivity contribution in [3.8, 4) is 11.1 Å². The molecule has 0 amide bonds. The minimum absolute atomic E-state index is 0. The first-order chi connectivity index (χ1) is 13.5. The van der Waals surface area contributed by atoms with Crippen LogP contribution in [0.5, 0.6) is 0 Å². The van der Waals surface area contributed by atoms with Gasteiger partial charge in [-0.3, -0.25) is 4.90 Å². The molecular weight excluding hydrogens is 399 g/mol. The fraction of sp³-hybridized carbons (Fsp3) is 0.455. The quantitative estimate of drug-likeness (QED) is 0.728. The molecule has 1 heterocycles. The second-order valence-electron chi connectivity index (χ2n) is 7.70. The zero-order chi connectivity index (χ0) is 19.6. The largest absolute Gasteiger partial charge is 0.416 e. The van der Waals surface area contributed by atoms with Crippen molar-refractivity contribution in [2.75, 3.05) is 39.3 Å². The Morgan fingerprint density at radius 3 is 2.41 bits per heavy atom. The first-order valence-electron chi connectivity index (χ1n) is 9.95. The summed E-state index contributed by atoms with van der Waals surface area (Å²) in [4.78, 5) is 2.48. The standard InChI is InChI=1S/C22H26F3N3.ClH/c23-22(24,25)19-3-1-2-18(14-19)16-4-6-17(7-5-16)20-15-21(20)27-10-13-28-11-8-26-9-12-28;/h1-7,14,20-21,26-27H,8-13,15H2;1H. The molecule has 2 N–H and O–H groups in total. The number of rotatable bonds is 6. The van der Waals surface area contributed by atoms with Gasteiger partial charge in [0.2, 0.25) is 0 Å². The summed E-state index contributed by atoms with van der Waals surface area (Å²) in [5.74, 6) is 0.513. The molecule has 0 aromatic heterocycles. The molecule has 158 valence electrons. The van der Waals surface area contributed by atoms with Crippen LogP contribution in [0, 0.1) is 0 Å². The molecule has 2 atom stereocenters. The van der Waals surface area contributed by atoms with E-state index in [0.29, 0.717) is 17.5 Å². The Kier molecular flexibility index (Phi) is 7.22. The zero-order valence-electron chi connectivity index (χ0n) is 16.2. The van der Waals surface area contributed by atoms with Crippen LogP contribution in [0.1, 0.15) is 23.5 Å². The normalized spacial score (nSPS) is 22.2. The van der Waals surface area contributed by atoms with Crippen LogP contribution >= 0.6 is 12.4 Å². The average molecular weight is 426 g/mol. The topological polar surface area (TPSA) is 27.3 Å². The van der Waals surface area contributed by atoms with Crippen LogP contribution in [0.4, 0.5) is 13.2 Å². The predicted octanol–water partition coefficient (Wildman–Crippen LogP) is 4.14. The third-order valence-electron chi connectivity index (χ3n) is 5.70. The Morgan fingerprint density at radius 2 is 1.72 bits per heavy atom. The zero-order valence-corrected chi connectivity index (χ0v) is 17.0. The van der Waals surface area contributed by atoms with Gasteiger partial charge in [0.15, 0.2) is 0 Å². The molecule has 1 aliphatic heterocycles. The van der Waals surface area contributed by atoms with Crippen molar-refractivity contribution < 1.29 is 13.2 Å². The van der Waals surface area contributed by atoms with Crippen molar-refractivity contribution in [3.63, 3.8) is 0 Å². The van der Waals surface area contributed by atoms with E-state index in [0.717, 1.165) is 57.3 Å². The first kappa shape index (κ1) is 22.1. The third kappa shape index (κ3) is 5.72. The van der Waals surface area contributed by atoms with Crippen molar-refractivity contribution in [3.05, 3.63) is 59.7 Å². The van der Waals surface area contributed by atoms with Crippen molar-refractivity contribution >= 4 is 12.4 Å². The number of hydrogen-bond acceptors (Lipinski definition) is 3. The van der Waals surface area contributed by atoms with E-state index in [1.54, 1.807) is 6.07 Å². The molecule has 2 aromatic rings. The fourth-order valence-electron chi connectivity index (χ4n) is 3.93. The van der Waals surface area contributed by atoms with Crippen LogP contribution < -0.4 is 10.6 Å². The van der Waals surface area contributed by atoms with Gasteiger partial charge in [-0.15, -0.1) is 12.4 Å². The lowest BCUT2D eigenvalue weighted by Gasteiger charge is -2.27. The molecule has 0 spiro atoms. The van der Waals surface area contributed by atoms with Gasteiger partial charge in [-0.2, -0.15) is 13.2 Å². The maximum absolute atomic E-state index is 12.9. The van der Waals surface area contributed by atoms with E-state index in [4.69, 9.17) is 0 Å². The molecule has 0 bridgehead atoms. The summed E-state index contributed by atoms with van der Waals surface area (Å²) in [6.45, 7) is 6.47. The lowest BCUT2D eigenvalue weighted by molar-refractivity contribution is -0.137. The summed E-state index contributed by atoms with van der Waals surface area (Å²) in [6.07, 6.45) is -3.18. The van der Waals surface area contributed by atoms with Gasteiger partial charge in [0, 0.05) is 51.2 Å². The predicted molar refractivity (Wildman–Crippen MR) is 113 cm³/mol. The Hall–Kier alpha value is -1.60. The van der Waals surface area contributed by atoms with Crippen molar-refractivity contribution in [2.24, 2.45) is 0 Å². The van der Waals surface area contributed by atoms with E-state index in [1.807, 2.05) is 12.1 Å². The lowest BCUT2D eigenvalue weighted by atomic mass is 10.0. The van der Waals surface area contributed by atoms with Gasteiger partial charge in [-0.05, 0) is 35.2 Å². The minimum Gasteiger partial charge on any atom is -0.314 e. The van der Waals surface area contributed by atoms with E-state index in [9.17, 15) is 13.2 Å². The second kappa shape index (κ2) is 9.47. The lowest BCUT2D eigenvalue weighted by Crippen LogP contribution is -2.46. The molecule has 2 aliphatic rings. The molecule has 29 heavy (non-hydrogen) atoms. The van der Waals surface area contributed by atoms with Crippen molar-refractivity contribution in [2.45, 2.75) is 24.6 Å². The summed E-state index contributed by atoms with van der Waals surface area (Å²) in [5.41, 5.74) is 2.07. The van der Waals surface area contributed by atoms with Gasteiger partial charge < -0.3 is 10.6 Å². The van der Waals surface area contributed by atoms with Crippen LogP contribution in [0.25, 0.3) is 11.1 Å². The number of piperazine rings is 1. The molecule has 1 saturated heterocycles. The highest BCUT2D eigenvalue weighted by atomic mass is 35.5. The summed E-state index contributed by atoms with van der Waals surface area (Å²) in [7, 11) is 0. The van der Waals surface area contributed by atoms with Crippen LogP contribution in [0.15, 0.2) is 48.5 Å². The van der Waals surface area contributed by atoms with Gasteiger partial charge in [0.1, 0.15) is 0 Å². The number of alkyl halides is 3. The first-order valence-corrected chi connectivity index (χ1v) is 9.95. The second-order valence-corrected chi connectivity index (χ2v) is 7.70. The molecule has 1 saturated carbocycles. The number of benzene rings is 2. The summed E-state index contributed by atoms with van der Waals surface area (Å²) < 4.78 is 38.7. The highest BCUT2D eigenvalue weighted by molar-refractivity contribution is 5.85. The molecule has 2 aromatic carbocycles. The fourth-order valence-corrected chi connectivity index (χ4v) is 3.93. The van der Waals surface area contributed by atoms with Gasteiger partial charge in [-0.1, -0.05) is 36.4 Å². The van der Waals surface area contributed by atoms with Gasteiger partial charge in [0.05, 0.1) is 5.56 Å². The van der Waals surface area contributed by atoms with Gasteiger partial charge >= 0.3 is 6.18 Å². The summed E-state index contributed by atoms with van der Waals surface area (Å²) in [6, 6.07) is 14.0. The number of hydrogen-bond donors (Lipinski definition) is 2. The Bertz CT molecular complexity index is 789. The van der Waals surface area contributed by atoms with E-state index in [1.165, 1.54) is 17.7 Å². The highest BCUT2D eigenvalue weighted by Gasteiger charge is 2.37. The van der Waals surface area contributed by atoms with Crippen LogP contribution in [0.2, 0.25) is 0 Å². The highest BCUT2D eigenvalue weighted by Crippen LogP contribution is 2.41. The van der Waals surface area contributed by atoms with E-state index in [-0.39, 0.29) is 12.4 Å². The summed E-state index contributed by atoms with van der Waals surface area (Å²) >= 11 is 0. The number of nitrogens with zero attached hydrogens (tertiary/aromatic N) is 1. The van der Waals surface area contributed by atoms with E-state index in [2.05, 4.69) is 27.7 Å². The van der Waals surface area contributed by atoms with Gasteiger partial charge in [0.25, 0.3) is 0 Å². The number of halogens is 4. The molecule has 2 unspecified atom stereocenters. The molecule has 4 rings (SSSR count). The van der Waals surface area contributed by atoms with Gasteiger partial charge in [-0.25, -0.2) is 0 Å². The van der Waals surface area contributed by atoms with Crippen LogP contribution in [0.3, 0.4) is 0 Å². The molecule has 0 radical (unpaired) electrons. The average Bonchev–Trinajstić information content (AvgIpc) is 3.48. The monoisotopic (exact) mass is 425 g/mol. The maximum atomic E-state index is 12.9. The van der Waals surface area contributed by atoms with E-state index < -0.39 is 11.7 Å². The molecule has 7 heteroatoms. The third-order valence-corrected chi connectivity index (χ3v) is 5.70. The van der Waals surface area contributed by atoms with Crippen LogP contribution in [-0.2, 0) is 6.18 Å². The van der Waals surface area contributed by atoms with E-state index >= 15 is 0 Å². The Labute approximate surface area is 176 Å². The minimum atomic E-state index is -4.31. The Balaban J connectivity index is 0.00000240. The molecular formula is C22H27ClF3N3.